The number of halogens is 1. The van der Waals surface area contributed by atoms with Crippen molar-refractivity contribution in [1.82, 2.24) is 4.90 Å². The fourth-order valence-electron chi connectivity index (χ4n) is 3.14. The third kappa shape index (κ3) is 3.62. The molecule has 2 saturated heterocycles. The van der Waals surface area contributed by atoms with Crippen molar-refractivity contribution in [1.29, 1.82) is 0 Å². The normalized spacial score (nSPS) is 25.0. The first kappa shape index (κ1) is 18.1. The molecule has 2 aliphatic rings. The van der Waals surface area contributed by atoms with Crippen molar-refractivity contribution in [3.05, 3.63) is 28.8 Å². The number of ether oxygens (including phenoxy) is 1. The molecule has 2 fully saturated rings. The van der Waals surface area contributed by atoms with Gasteiger partial charge in [-0.1, -0.05) is 17.7 Å². The molecular formula is C17H19ClN2O4S. The molecule has 0 aromatic heterocycles. The van der Waals surface area contributed by atoms with Crippen LogP contribution in [0.2, 0.25) is 5.02 Å². The lowest BCUT2D eigenvalue weighted by Gasteiger charge is -2.29. The fourth-order valence-corrected chi connectivity index (χ4v) is 4.73. The molecule has 0 aliphatic carbocycles. The number of aryl methyl sites for hydroxylation is 1. The highest BCUT2D eigenvalue weighted by molar-refractivity contribution is 8.01. The number of thioether (sulfide) groups is 1. The van der Waals surface area contributed by atoms with E-state index in [1.165, 1.54) is 0 Å². The van der Waals surface area contributed by atoms with Gasteiger partial charge in [-0.25, -0.2) is 4.79 Å². The van der Waals surface area contributed by atoms with Crippen LogP contribution in [0.5, 0.6) is 0 Å². The minimum Gasteiger partial charge on any atom is -0.454 e. The molecule has 3 rings (SSSR count). The zero-order valence-corrected chi connectivity index (χ0v) is 15.6. The molecule has 1 aromatic carbocycles. The van der Waals surface area contributed by atoms with Crippen LogP contribution in [0.4, 0.5) is 5.69 Å². The maximum Gasteiger partial charge on any atom is 0.330 e. The predicted molar refractivity (Wildman–Crippen MR) is 96.5 cm³/mol. The summed E-state index contributed by atoms with van der Waals surface area (Å²) < 4.78 is 5.14. The van der Waals surface area contributed by atoms with Crippen molar-refractivity contribution < 1.29 is 19.1 Å². The number of amides is 2. The average Bonchev–Trinajstić information content (AvgIpc) is 3.05. The van der Waals surface area contributed by atoms with Crippen LogP contribution >= 0.6 is 23.4 Å². The van der Waals surface area contributed by atoms with Gasteiger partial charge in [-0.3, -0.25) is 9.59 Å². The summed E-state index contributed by atoms with van der Waals surface area (Å²) in [5.41, 5.74) is 1.43. The van der Waals surface area contributed by atoms with E-state index in [0.717, 1.165) is 12.0 Å². The minimum absolute atomic E-state index is 0.0338. The molecule has 2 amide bonds. The molecule has 0 spiro atoms. The fraction of sp³-hybridized carbons (Fsp3) is 0.471. The van der Waals surface area contributed by atoms with E-state index in [-0.39, 0.29) is 10.8 Å². The number of esters is 1. The standard InChI is InChI=1S/C17H19ClN2O4S/c1-10-3-4-11(18)7-12(10)19-14(21)8-24-16(23)13-9-25-17(2)6-5-15(22)20(13)17/h3-4,7,13H,5-6,8-9H2,1-2H3,(H,19,21)/t13-,17+/m0/s1. The Bertz CT molecular complexity index is 741. The largest absolute Gasteiger partial charge is 0.454 e. The summed E-state index contributed by atoms with van der Waals surface area (Å²) in [5.74, 6) is -0.520. The van der Waals surface area contributed by atoms with E-state index >= 15 is 0 Å². The monoisotopic (exact) mass is 382 g/mol. The van der Waals surface area contributed by atoms with Crippen LogP contribution in [-0.2, 0) is 19.1 Å². The summed E-state index contributed by atoms with van der Waals surface area (Å²) in [4.78, 5) is 37.7. The Balaban J connectivity index is 1.56. The summed E-state index contributed by atoms with van der Waals surface area (Å²) in [6.45, 7) is 3.41. The van der Waals surface area contributed by atoms with Crippen molar-refractivity contribution in [2.24, 2.45) is 0 Å². The van der Waals surface area contributed by atoms with Gasteiger partial charge < -0.3 is 15.0 Å². The van der Waals surface area contributed by atoms with Crippen LogP contribution < -0.4 is 5.32 Å². The van der Waals surface area contributed by atoms with Crippen molar-refractivity contribution in [2.45, 2.75) is 37.6 Å². The molecule has 1 aromatic rings. The number of nitrogens with zero attached hydrogens (tertiary/aromatic N) is 1. The van der Waals surface area contributed by atoms with Crippen molar-refractivity contribution in [3.63, 3.8) is 0 Å². The maximum atomic E-state index is 12.3. The summed E-state index contributed by atoms with van der Waals surface area (Å²) in [7, 11) is 0. The van der Waals surface area contributed by atoms with Crippen molar-refractivity contribution in [2.75, 3.05) is 17.7 Å². The smallest absolute Gasteiger partial charge is 0.330 e. The topological polar surface area (TPSA) is 75.7 Å². The highest BCUT2D eigenvalue weighted by atomic mass is 35.5. The number of carbonyl (C=O) groups is 3. The van der Waals surface area contributed by atoms with Crippen molar-refractivity contribution >= 4 is 46.8 Å². The van der Waals surface area contributed by atoms with Gasteiger partial charge in [0.1, 0.15) is 6.04 Å². The van der Waals surface area contributed by atoms with Crippen LogP contribution in [0.1, 0.15) is 25.3 Å². The Morgan fingerprint density at radius 3 is 3.00 bits per heavy atom. The molecule has 8 heteroatoms. The average molecular weight is 383 g/mol. The summed E-state index contributed by atoms with van der Waals surface area (Å²) >= 11 is 7.50. The Morgan fingerprint density at radius 1 is 1.48 bits per heavy atom. The molecule has 0 unspecified atom stereocenters. The number of anilines is 1. The first-order valence-corrected chi connectivity index (χ1v) is 9.35. The molecule has 0 bridgehead atoms. The molecule has 1 N–H and O–H groups in total. The van der Waals surface area contributed by atoms with E-state index < -0.39 is 24.5 Å². The highest BCUT2D eigenvalue weighted by Crippen LogP contribution is 2.47. The molecule has 6 nitrogen and oxygen atoms in total. The van der Waals surface area contributed by atoms with Gasteiger partial charge in [-0.05, 0) is 38.0 Å². The van der Waals surface area contributed by atoms with Gasteiger partial charge in [-0.2, -0.15) is 0 Å². The molecule has 134 valence electrons. The predicted octanol–water partition coefficient (Wildman–Crippen LogP) is 2.58. The highest BCUT2D eigenvalue weighted by Gasteiger charge is 2.53. The van der Waals surface area contributed by atoms with Crippen LogP contribution in [-0.4, -0.2) is 46.0 Å². The molecule has 25 heavy (non-hydrogen) atoms. The maximum absolute atomic E-state index is 12.3. The first-order valence-electron chi connectivity index (χ1n) is 7.99. The number of rotatable bonds is 4. The first-order chi connectivity index (χ1) is 11.8. The Hall–Kier alpha value is -1.73. The van der Waals surface area contributed by atoms with E-state index in [1.54, 1.807) is 34.9 Å². The Labute approximate surface area is 155 Å². The van der Waals surface area contributed by atoms with Gasteiger partial charge in [0.25, 0.3) is 5.91 Å². The molecule has 0 radical (unpaired) electrons. The summed E-state index contributed by atoms with van der Waals surface area (Å²) in [6.07, 6.45) is 1.18. The van der Waals surface area contributed by atoms with Crippen LogP contribution in [0.25, 0.3) is 0 Å². The number of hydrogen-bond acceptors (Lipinski definition) is 5. The quantitative estimate of drug-likeness (QED) is 0.810. The van der Waals surface area contributed by atoms with Crippen LogP contribution in [0, 0.1) is 6.92 Å². The molecule has 2 heterocycles. The number of carbonyl (C=O) groups excluding carboxylic acids is 3. The van der Waals surface area contributed by atoms with Crippen LogP contribution in [0.3, 0.4) is 0 Å². The summed E-state index contributed by atoms with van der Waals surface area (Å²) in [5, 5.41) is 3.18. The lowest BCUT2D eigenvalue weighted by Crippen LogP contribution is -2.47. The lowest BCUT2D eigenvalue weighted by atomic mass is 10.2. The number of fused-ring (bicyclic) bond motifs is 1. The number of benzene rings is 1. The second-order valence-corrected chi connectivity index (χ2v) is 8.32. The zero-order valence-electron chi connectivity index (χ0n) is 14.0. The number of nitrogens with one attached hydrogen (secondary N) is 1. The van der Waals surface area contributed by atoms with Gasteiger partial charge in [0, 0.05) is 22.9 Å². The van der Waals surface area contributed by atoms with Crippen LogP contribution in [0.15, 0.2) is 18.2 Å². The van der Waals surface area contributed by atoms with Gasteiger partial charge >= 0.3 is 5.97 Å². The van der Waals surface area contributed by atoms with E-state index in [1.807, 2.05) is 13.8 Å². The van der Waals surface area contributed by atoms with E-state index in [0.29, 0.717) is 22.9 Å². The van der Waals surface area contributed by atoms with E-state index in [2.05, 4.69) is 5.32 Å². The van der Waals surface area contributed by atoms with Crippen molar-refractivity contribution in [3.8, 4) is 0 Å². The Morgan fingerprint density at radius 2 is 2.24 bits per heavy atom. The van der Waals surface area contributed by atoms with Gasteiger partial charge in [0.05, 0.1) is 4.87 Å². The second kappa shape index (κ2) is 6.88. The minimum atomic E-state index is -0.620. The zero-order chi connectivity index (χ0) is 18.2. The lowest BCUT2D eigenvalue weighted by molar-refractivity contribution is -0.155. The second-order valence-electron chi connectivity index (χ2n) is 6.38. The third-order valence-corrected chi connectivity index (χ3v) is 6.28. The molecular weight excluding hydrogens is 364 g/mol. The van der Waals surface area contributed by atoms with Gasteiger partial charge in [-0.15, -0.1) is 11.8 Å². The molecule has 0 saturated carbocycles. The third-order valence-electron chi connectivity index (χ3n) is 4.54. The van der Waals surface area contributed by atoms with E-state index in [9.17, 15) is 14.4 Å². The SMILES string of the molecule is Cc1ccc(Cl)cc1NC(=O)COC(=O)[C@@H]1CS[C@]2(C)CCC(=O)N12. The van der Waals surface area contributed by atoms with Gasteiger partial charge in [0.15, 0.2) is 6.61 Å². The molecule has 2 atom stereocenters. The summed E-state index contributed by atoms with van der Waals surface area (Å²) in [6, 6.07) is 4.54. The Kier molecular flexibility index (Phi) is 4.97. The van der Waals surface area contributed by atoms with E-state index in [4.69, 9.17) is 16.3 Å². The van der Waals surface area contributed by atoms with Gasteiger partial charge in [0.2, 0.25) is 5.91 Å². The number of hydrogen-bond donors (Lipinski definition) is 1. The molecule has 2 aliphatic heterocycles.